The van der Waals surface area contributed by atoms with Crippen LogP contribution in [0, 0.1) is 19.8 Å². The zero-order valence-electron chi connectivity index (χ0n) is 18.8. The van der Waals surface area contributed by atoms with Crippen molar-refractivity contribution in [3.8, 4) is 0 Å². The van der Waals surface area contributed by atoms with Crippen LogP contribution < -0.4 is 9.62 Å². The highest BCUT2D eigenvalue weighted by atomic mass is 32.2. The maximum Gasteiger partial charge on any atom is 0.244 e. The Morgan fingerprint density at radius 3 is 2.23 bits per heavy atom. The molecule has 0 bridgehead atoms. The van der Waals surface area contributed by atoms with E-state index in [9.17, 15) is 13.2 Å². The van der Waals surface area contributed by atoms with Crippen LogP contribution >= 0.6 is 0 Å². The summed E-state index contributed by atoms with van der Waals surface area (Å²) in [6.07, 6.45) is 2.30. The van der Waals surface area contributed by atoms with Gasteiger partial charge in [0, 0.05) is 0 Å². The number of sulfonamides is 1. The molecule has 0 unspecified atom stereocenters. The molecule has 0 heterocycles. The van der Waals surface area contributed by atoms with E-state index in [1.807, 2.05) is 69.3 Å². The first-order valence-electron chi connectivity index (χ1n) is 10.5. The van der Waals surface area contributed by atoms with Crippen LogP contribution in [-0.4, -0.2) is 26.6 Å². The number of carbonyl (C=O) groups is 1. The van der Waals surface area contributed by atoms with Crippen LogP contribution in [0.15, 0.2) is 48.5 Å². The van der Waals surface area contributed by atoms with Crippen molar-refractivity contribution in [3.05, 3.63) is 65.2 Å². The molecule has 0 fully saturated rings. The van der Waals surface area contributed by atoms with Gasteiger partial charge in [0.05, 0.1) is 18.0 Å². The Bertz CT molecular complexity index is 956. The van der Waals surface area contributed by atoms with Crippen LogP contribution in [0.5, 0.6) is 0 Å². The van der Waals surface area contributed by atoms with E-state index in [-0.39, 0.29) is 11.9 Å². The first-order valence-corrected chi connectivity index (χ1v) is 12.3. The minimum atomic E-state index is -3.66. The lowest BCUT2D eigenvalue weighted by Crippen LogP contribution is -2.50. The van der Waals surface area contributed by atoms with Crippen LogP contribution in [0.1, 0.15) is 56.3 Å². The van der Waals surface area contributed by atoms with Crippen LogP contribution in [-0.2, 0) is 14.8 Å². The van der Waals surface area contributed by atoms with Gasteiger partial charge in [0.25, 0.3) is 0 Å². The number of nitrogens with one attached hydrogen (secondary N) is 1. The predicted molar refractivity (Wildman–Crippen MR) is 124 cm³/mol. The van der Waals surface area contributed by atoms with Gasteiger partial charge in [-0.25, -0.2) is 8.42 Å². The van der Waals surface area contributed by atoms with E-state index in [0.717, 1.165) is 29.4 Å². The molecule has 2 rings (SSSR count). The smallest absolute Gasteiger partial charge is 0.244 e. The summed E-state index contributed by atoms with van der Waals surface area (Å²) < 4.78 is 26.8. The molecule has 0 aromatic heterocycles. The monoisotopic (exact) mass is 430 g/mol. The predicted octanol–water partition coefficient (Wildman–Crippen LogP) is 4.75. The van der Waals surface area contributed by atoms with Gasteiger partial charge in [-0.3, -0.25) is 9.10 Å². The molecule has 2 atom stereocenters. The lowest BCUT2D eigenvalue weighted by Gasteiger charge is -2.33. The molecule has 0 saturated heterocycles. The Balaban J connectivity index is 2.43. The minimum absolute atomic E-state index is 0.173. The molecule has 6 heteroatoms. The van der Waals surface area contributed by atoms with Gasteiger partial charge in [-0.15, -0.1) is 0 Å². The van der Waals surface area contributed by atoms with Crippen LogP contribution in [0.25, 0.3) is 0 Å². The quantitative estimate of drug-likeness (QED) is 0.624. The maximum absolute atomic E-state index is 13.4. The molecule has 2 aromatic carbocycles. The van der Waals surface area contributed by atoms with Crippen molar-refractivity contribution in [1.82, 2.24) is 5.32 Å². The Morgan fingerprint density at radius 1 is 1.07 bits per heavy atom. The number of rotatable bonds is 9. The van der Waals surface area contributed by atoms with Gasteiger partial charge < -0.3 is 5.32 Å². The van der Waals surface area contributed by atoms with Crippen molar-refractivity contribution in [2.24, 2.45) is 5.92 Å². The first-order chi connectivity index (χ1) is 14.0. The number of hydrogen-bond donors (Lipinski definition) is 1. The lowest BCUT2D eigenvalue weighted by atomic mass is 9.96. The molecule has 0 spiro atoms. The number of benzene rings is 2. The summed E-state index contributed by atoms with van der Waals surface area (Å²) in [6.45, 7) is 9.84. The van der Waals surface area contributed by atoms with Gasteiger partial charge in [0.2, 0.25) is 15.9 Å². The molecule has 1 N–H and O–H groups in total. The number of carbonyl (C=O) groups excluding carboxylic acids is 1. The van der Waals surface area contributed by atoms with Crippen molar-refractivity contribution in [2.45, 2.75) is 59.5 Å². The summed E-state index contributed by atoms with van der Waals surface area (Å²) in [5.74, 6) is 0.0962. The summed E-state index contributed by atoms with van der Waals surface area (Å²) in [5.41, 5.74) is 3.34. The number of hydrogen-bond acceptors (Lipinski definition) is 3. The molecule has 5 nitrogen and oxygen atoms in total. The van der Waals surface area contributed by atoms with Crippen molar-refractivity contribution in [2.75, 3.05) is 10.6 Å². The van der Waals surface area contributed by atoms with E-state index in [4.69, 9.17) is 0 Å². The highest BCUT2D eigenvalue weighted by Gasteiger charge is 2.33. The van der Waals surface area contributed by atoms with E-state index in [2.05, 4.69) is 19.2 Å². The van der Waals surface area contributed by atoms with Gasteiger partial charge >= 0.3 is 0 Å². The molecule has 0 radical (unpaired) electrons. The van der Waals surface area contributed by atoms with E-state index in [1.54, 1.807) is 0 Å². The fourth-order valence-electron chi connectivity index (χ4n) is 3.70. The molecule has 0 aliphatic carbocycles. The second kappa shape index (κ2) is 10.1. The van der Waals surface area contributed by atoms with E-state index >= 15 is 0 Å². The Morgan fingerprint density at radius 2 is 1.70 bits per heavy atom. The molecular weight excluding hydrogens is 396 g/mol. The Hall–Kier alpha value is -2.34. The molecule has 1 amide bonds. The number of amides is 1. The van der Waals surface area contributed by atoms with E-state index in [1.165, 1.54) is 4.31 Å². The van der Waals surface area contributed by atoms with Crippen LogP contribution in [0.2, 0.25) is 0 Å². The molecular formula is C24H34N2O3S. The first kappa shape index (κ1) is 23.9. The Kier molecular flexibility index (Phi) is 8.07. The number of anilines is 1. The average molecular weight is 431 g/mol. The standard InChI is InChI=1S/C24H34N2O3S/c1-7-22(26(30(6,28)29)23-16-18(4)13-14-19(23)5)24(27)25-21(15-17(2)3)20-11-9-8-10-12-20/h8-14,16-17,21-22H,7,15H2,1-6H3,(H,25,27)/t21-,22-/m1/s1. The largest absolute Gasteiger partial charge is 0.347 e. The fraction of sp³-hybridized carbons (Fsp3) is 0.458. The number of nitrogens with zero attached hydrogens (tertiary/aromatic N) is 1. The van der Waals surface area contributed by atoms with Gasteiger partial charge in [0.15, 0.2) is 0 Å². The van der Waals surface area contributed by atoms with Crippen molar-refractivity contribution < 1.29 is 13.2 Å². The lowest BCUT2D eigenvalue weighted by molar-refractivity contribution is -0.123. The third-order valence-corrected chi connectivity index (χ3v) is 6.32. The molecule has 164 valence electrons. The van der Waals surface area contributed by atoms with E-state index < -0.39 is 16.1 Å². The summed E-state index contributed by atoms with van der Waals surface area (Å²) >= 11 is 0. The third kappa shape index (κ3) is 6.08. The third-order valence-electron chi connectivity index (χ3n) is 5.16. The van der Waals surface area contributed by atoms with Crippen LogP contribution in [0.3, 0.4) is 0 Å². The normalized spacial score (nSPS) is 13.7. The highest BCUT2D eigenvalue weighted by molar-refractivity contribution is 7.92. The topological polar surface area (TPSA) is 66.5 Å². The minimum Gasteiger partial charge on any atom is -0.347 e. The highest BCUT2D eigenvalue weighted by Crippen LogP contribution is 2.28. The average Bonchev–Trinajstić information content (AvgIpc) is 2.67. The second-order valence-electron chi connectivity index (χ2n) is 8.37. The summed E-state index contributed by atoms with van der Waals surface area (Å²) in [5, 5.41) is 3.13. The Labute approximate surface area is 181 Å². The van der Waals surface area contributed by atoms with Gasteiger partial charge in [-0.05, 0) is 55.4 Å². The molecule has 0 aliphatic heterocycles. The number of aryl methyl sites for hydroxylation is 2. The van der Waals surface area contributed by atoms with Crippen molar-refractivity contribution in [1.29, 1.82) is 0 Å². The van der Waals surface area contributed by atoms with Gasteiger partial charge in [0.1, 0.15) is 6.04 Å². The molecule has 0 saturated carbocycles. The second-order valence-corrected chi connectivity index (χ2v) is 10.2. The zero-order valence-corrected chi connectivity index (χ0v) is 19.7. The summed E-state index contributed by atoms with van der Waals surface area (Å²) in [7, 11) is -3.66. The SMILES string of the molecule is CC[C@H](C(=O)N[C@H](CC(C)C)c1ccccc1)N(c1cc(C)ccc1C)S(C)(=O)=O. The van der Waals surface area contributed by atoms with E-state index in [0.29, 0.717) is 18.0 Å². The molecule has 30 heavy (non-hydrogen) atoms. The molecule has 2 aromatic rings. The molecule has 0 aliphatic rings. The summed E-state index contributed by atoms with van der Waals surface area (Å²) in [4.78, 5) is 13.4. The van der Waals surface area contributed by atoms with Gasteiger partial charge in [-0.1, -0.05) is 63.2 Å². The maximum atomic E-state index is 13.4. The van der Waals surface area contributed by atoms with Crippen molar-refractivity contribution in [3.63, 3.8) is 0 Å². The fourth-order valence-corrected chi connectivity index (χ4v) is 4.96. The van der Waals surface area contributed by atoms with Crippen molar-refractivity contribution >= 4 is 21.6 Å². The summed E-state index contributed by atoms with van der Waals surface area (Å²) in [6, 6.07) is 14.5. The van der Waals surface area contributed by atoms with Crippen LogP contribution in [0.4, 0.5) is 5.69 Å². The zero-order chi connectivity index (χ0) is 22.5. The van der Waals surface area contributed by atoms with Gasteiger partial charge in [-0.2, -0.15) is 0 Å².